The molecule has 0 aliphatic heterocycles. The summed E-state index contributed by atoms with van der Waals surface area (Å²) < 4.78 is 0. The fourth-order valence-corrected chi connectivity index (χ4v) is 1.91. The Bertz CT molecular complexity index is 387. The zero-order valence-electron chi connectivity index (χ0n) is 10.9. The van der Waals surface area contributed by atoms with E-state index in [0.29, 0.717) is 6.54 Å². The van der Waals surface area contributed by atoms with E-state index in [0.717, 1.165) is 18.0 Å². The highest BCUT2D eigenvalue weighted by Crippen LogP contribution is 2.18. The van der Waals surface area contributed by atoms with Gasteiger partial charge in [0.05, 0.1) is 6.42 Å². The molecule has 0 unspecified atom stereocenters. The molecule has 1 aromatic carbocycles. The van der Waals surface area contributed by atoms with Crippen LogP contribution in [0.1, 0.15) is 25.8 Å². The van der Waals surface area contributed by atoms with E-state index in [9.17, 15) is 4.79 Å². The lowest BCUT2D eigenvalue weighted by atomic mass is 9.89. The van der Waals surface area contributed by atoms with Crippen LogP contribution in [-0.2, 0) is 11.2 Å². The first-order valence-electron chi connectivity index (χ1n) is 6.06. The molecule has 0 amide bonds. The largest absolute Gasteiger partial charge is 0.481 e. The molecule has 0 saturated heterocycles. The minimum atomic E-state index is -0.750. The zero-order chi connectivity index (χ0) is 13.6. The highest BCUT2D eigenvalue weighted by Gasteiger charge is 2.20. The summed E-state index contributed by atoms with van der Waals surface area (Å²) in [6.07, 6.45) is 1.10. The van der Waals surface area contributed by atoms with Crippen molar-refractivity contribution in [2.24, 2.45) is 5.41 Å². The second kappa shape index (κ2) is 6.76. The van der Waals surface area contributed by atoms with Crippen molar-refractivity contribution >= 4 is 17.6 Å². The van der Waals surface area contributed by atoms with Crippen LogP contribution in [0.5, 0.6) is 0 Å². The van der Waals surface area contributed by atoms with E-state index < -0.39 is 5.97 Å². The van der Waals surface area contributed by atoms with Gasteiger partial charge in [0.2, 0.25) is 0 Å². The number of carboxylic acid groups (broad SMARTS) is 1. The molecule has 0 aliphatic rings. The quantitative estimate of drug-likeness (QED) is 0.748. The van der Waals surface area contributed by atoms with Crippen molar-refractivity contribution in [3.05, 3.63) is 34.9 Å². The Morgan fingerprint density at radius 3 is 2.50 bits per heavy atom. The van der Waals surface area contributed by atoms with Gasteiger partial charge in [-0.3, -0.25) is 4.79 Å². The smallest absolute Gasteiger partial charge is 0.303 e. The molecule has 0 spiro atoms. The average molecular weight is 270 g/mol. The SMILES string of the molecule is CC(C)(CNCCc1ccc(Cl)cc1)CC(=O)O. The number of carboxylic acids is 1. The van der Waals surface area contributed by atoms with Crippen molar-refractivity contribution in [3.8, 4) is 0 Å². The number of carbonyl (C=O) groups is 1. The molecule has 1 aromatic rings. The van der Waals surface area contributed by atoms with Crippen LogP contribution in [0.15, 0.2) is 24.3 Å². The number of aliphatic carboxylic acids is 1. The van der Waals surface area contributed by atoms with Crippen molar-refractivity contribution in [2.75, 3.05) is 13.1 Å². The molecule has 1 rings (SSSR count). The first-order chi connectivity index (χ1) is 8.39. The lowest BCUT2D eigenvalue weighted by Crippen LogP contribution is -2.32. The monoisotopic (exact) mass is 269 g/mol. The maximum Gasteiger partial charge on any atom is 0.303 e. The normalized spacial score (nSPS) is 11.5. The van der Waals surface area contributed by atoms with Gasteiger partial charge in [0.1, 0.15) is 0 Å². The molecule has 4 heteroatoms. The Morgan fingerprint density at radius 2 is 1.94 bits per heavy atom. The van der Waals surface area contributed by atoms with Gasteiger partial charge < -0.3 is 10.4 Å². The summed E-state index contributed by atoms with van der Waals surface area (Å²) in [5.74, 6) is -0.750. The standard InChI is InChI=1S/C14H20ClNO2/c1-14(2,9-13(17)18)10-16-8-7-11-3-5-12(15)6-4-11/h3-6,16H,7-10H2,1-2H3,(H,17,18). The average Bonchev–Trinajstić information content (AvgIpc) is 2.25. The van der Waals surface area contributed by atoms with Crippen LogP contribution >= 0.6 is 11.6 Å². The second-order valence-corrected chi connectivity index (χ2v) is 5.72. The van der Waals surface area contributed by atoms with Gasteiger partial charge in [0.25, 0.3) is 0 Å². The van der Waals surface area contributed by atoms with E-state index in [2.05, 4.69) is 5.32 Å². The van der Waals surface area contributed by atoms with E-state index in [1.165, 1.54) is 5.56 Å². The Hall–Kier alpha value is -1.06. The van der Waals surface area contributed by atoms with Crippen molar-refractivity contribution in [2.45, 2.75) is 26.7 Å². The molecule has 0 bridgehead atoms. The summed E-state index contributed by atoms with van der Waals surface area (Å²) in [6, 6.07) is 7.77. The van der Waals surface area contributed by atoms with Crippen LogP contribution in [0.4, 0.5) is 0 Å². The Labute approximate surface area is 113 Å². The van der Waals surface area contributed by atoms with E-state index in [4.69, 9.17) is 16.7 Å². The molecular formula is C14H20ClNO2. The third-order valence-electron chi connectivity index (χ3n) is 2.74. The molecular weight excluding hydrogens is 250 g/mol. The van der Waals surface area contributed by atoms with Gasteiger partial charge in [-0.1, -0.05) is 37.6 Å². The molecule has 0 radical (unpaired) electrons. The molecule has 100 valence electrons. The highest BCUT2D eigenvalue weighted by atomic mass is 35.5. The van der Waals surface area contributed by atoms with Crippen molar-refractivity contribution < 1.29 is 9.90 Å². The first kappa shape index (κ1) is 15.0. The fraction of sp³-hybridized carbons (Fsp3) is 0.500. The third-order valence-corrected chi connectivity index (χ3v) is 2.99. The molecule has 0 atom stereocenters. The van der Waals surface area contributed by atoms with Crippen molar-refractivity contribution in [3.63, 3.8) is 0 Å². The van der Waals surface area contributed by atoms with E-state index >= 15 is 0 Å². The van der Waals surface area contributed by atoms with Crippen LogP contribution in [0, 0.1) is 5.41 Å². The molecule has 0 aromatic heterocycles. The van der Waals surface area contributed by atoms with E-state index in [1.807, 2.05) is 38.1 Å². The van der Waals surface area contributed by atoms with Crippen LogP contribution in [-0.4, -0.2) is 24.2 Å². The summed E-state index contributed by atoms with van der Waals surface area (Å²) >= 11 is 5.81. The number of hydrogen-bond acceptors (Lipinski definition) is 2. The predicted octanol–water partition coefficient (Wildman–Crippen LogP) is 2.97. The van der Waals surface area contributed by atoms with Gasteiger partial charge in [0.15, 0.2) is 0 Å². The summed E-state index contributed by atoms with van der Waals surface area (Å²) in [7, 11) is 0. The summed E-state index contributed by atoms with van der Waals surface area (Å²) in [5, 5.41) is 12.8. The van der Waals surface area contributed by atoms with Gasteiger partial charge in [-0.2, -0.15) is 0 Å². The van der Waals surface area contributed by atoms with Gasteiger partial charge in [-0.25, -0.2) is 0 Å². The van der Waals surface area contributed by atoms with Crippen LogP contribution < -0.4 is 5.32 Å². The molecule has 2 N–H and O–H groups in total. The lowest BCUT2D eigenvalue weighted by Gasteiger charge is -2.22. The topological polar surface area (TPSA) is 49.3 Å². The number of hydrogen-bond donors (Lipinski definition) is 2. The maximum atomic E-state index is 10.7. The molecule has 0 aliphatic carbocycles. The van der Waals surface area contributed by atoms with Crippen LogP contribution in [0.3, 0.4) is 0 Å². The van der Waals surface area contributed by atoms with Crippen LogP contribution in [0.25, 0.3) is 0 Å². The summed E-state index contributed by atoms with van der Waals surface area (Å²) in [6.45, 7) is 5.45. The Morgan fingerprint density at radius 1 is 1.33 bits per heavy atom. The fourth-order valence-electron chi connectivity index (χ4n) is 1.78. The highest BCUT2D eigenvalue weighted by molar-refractivity contribution is 6.30. The first-order valence-corrected chi connectivity index (χ1v) is 6.44. The number of nitrogens with one attached hydrogen (secondary N) is 1. The Kier molecular flexibility index (Phi) is 5.63. The van der Waals surface area contributed by atoms with Crippen molar-refractivity contribution in [1.82, 2.24) is 5.32 Å². The van der Waals surface area contributed by atoms with Gasteiger partial charge in [0, 0.05) is 11.6 Å². The van der Waals surface area contributed by atoms with E-state index in [-0.39, 0.29) is 11.8 Å². The van der Waals surface area contributed by atoms with E-state index in [1.54, 1.807) is 0 Å². The second-order valence-electron chi connectivity index (χ2n) is 5.29. The summed E-state index contributed by atoms with van der Waals surface area (Å²) in [4.78, 5) is 10.7. The molecule has 18 heavy (non-hydrogen) atoms. The summed E-state index contributed by atoms with van der Waals surface area (Å²) in [5.41, 5.74) is 1.01. The minimum Gasteiger partial charge on any atom is -0.481 e. The third kappa shape index (κ3) is 6.03. The van der Waals surface area contributed by atoms with Gasteiger partial charge in [-0.05, 0) is 36.1 Å². The number of benzene rings is 1. The molecule has 0 heterocycles. The zero-order valence-corrected chi connectivity index (χ0v) is 11.6. The van der Waals surface area contributed by atoms with Gasteiger partial charge in [-0.15, -0.1) is 0 Å². The molecule has 0 saturated carbocycles. The van der Waals surface area contributed by atoms with Gasteiger partial charge >= 0.3 is 5.97 Å². The van der Waals surface area contributed by atoms with Crippen molar-refractivity contribution in [1.29, 1.82) is 0 Å². The van der Waals surface area contributed by atoms with Crippen LogP contribution in [0.2, 0.25) is 5.02 Å². The lowest BCUT2D eigenvalue weighted by molar-refractivity contribution is -0.139. The number of rotatable bonds is 7. The maximum absolute atomic E-state index is 10.7. The number of halogens is 1. The minimum absolute atomic E-state index is 0.181. The molecule has 0 fully saturated rings. The predicted molar refractivity (Wildman–Crippen MR) is 74.1 cm³/mol. The molecule has 3 nitrogen and oxygen atoms in total. The Balaban J connectivity index is 2.26.